The van der Waals surface area contributed by atoms with Crippen LogP contribution >= 0.6 is 0 Å². The minimum atomic E-state index is -0.625. The minimum absolute atomic E-state index is 0.181. The quantitative estimate of drug-likeness (QED) is 0.601. The van der Waals surface area contributed by atoms with Gasteiger partial charge in [-0.15, -0.1) is 0 Å². The van der Waals surface area contributed by atoms with Crippen LogP contribution in [0.1, 0.15) is 46.1 Å². The summed E-state index contributed by atoms with van der Waals surface area (Å²) < 4.78 is 10.5. The monoisotopic (exact) mass is 347 g/mol. The van der Waals surface area contributed by atoms with Gasteiger partial charge in [0.25, 0.3) is 0 Å². The number of hydrogen-bond donors (Lipinski definition) is 1. The third-order valence-corrected chi connectivity index (χ3v) is 3.28. The molecule has 0 aliphatic rings. The number of amides is 1. The summed E-state index contributed by atoms with van der Waals surface area (Å²) in [4.78, 5) is 16.9. The van der Waals surface area contributed by atoms with Crippen molar-refractivity contribution in [2.75, 3.05) is 7.11 Å². The number of benzene rings is 1. The zero-order chi connectivity index (χ0) is 18.7. The van der Waals surface area contributed by atoms with E-state index in [1.165, 1.54) is 5.56 Å². The van der Waals surface area contributed by atoms with Gasteiger partial charge < -0.3 is 9.47 Å². The van der Waals surface area contributed by atoms with Crippen molar-refractivity contribution in [1.29, 1.82) is 0 Å². The molecule has 1 amide bonds. The van der Waals surface area contributed by atoms with Crippen molar-refractivity contribution in [2.24, 2.45) is 0 Å². The molecule has 1 aromatic rings. The summed E-state index contributed by atoms with van der Waals surface area (Å²) in [5.41, 5.74) is 2.97. The number of hydrogen-bond acceptors (Lipinski definition) is 4. The number of aryl methyl sites for hydroxylation is 1. The fraction of sp³-hybridized carbons (Fsp3) is 0.550. The van der Waals surface area contributed by atoms with Gasteiger partial charge in [-0.3, -0.25) is 4.84 Å². The van der Waals surface area contributed by atoms with Gasteiger partial charge in [0.1, 0.15) is 17.8 Å². The van der Waals surface area contributed by atoms with Gasteiger partial charge in [-0.2, -0.15) is 5.48 Å². The molecule has 0 radical (unpaired) electrons. The van der Waals surface area contributed by atoms with Crippen molar-refractivity contribution < 1.29 is 19.1 Å². The van der Waals surface area contributed by atoms with Crippen molar-refractivity contribution in [3.05, 3.63) is 35.9 Å². The molecule has 1 aromatic carbocycles. The molecule has 1 N–H and O–H groups in total. The first kappa shape index (κ1) is 21.0. The SMILES string of the molecule is CCC(C#CC(CCc1ccccc1)OC)ONC(=O)OC(C)(C)C. The second kappa shape index (κ2) is 10.8. The van der Waals surface area contributed by atoms with E-state index in [0.29, 0.717) is 6.42 Å². The summed E-state index contributed by atoms with van der Waals surface area (Å²) in [5.74, 6) is 6.08. The van der Waals surface area contributed by atoms with Gasteiger partial charge in [0.2, 0.25) is 0 Å². The average Bonchev–Trinajstić information content (AvgIpc) is 2.56. The number of ether oxygens (including phenoxy) is 2. The molecule has 2 unspecified atom stereocenters. The second-order valence-corrected chi connectivity index (χ2v) is 6.66. The van der Waals surface area contributed by atoms with Gasteiger partial charge in [-0.05, 0) is 45.6 Å². The fourth-order valence-electron chi connectivity index (χ4n) is 2.01. The number of carbonyl (C=O) groups excluding carboxylic acids is 1. The van der Waals surface area contributed by atoms with Gasteiger partial charge in [0.15, 0.2) is 0 Å². The summed E-state index contributed by atoms with van der Waals surface area (Å²) >= 11 is 0. The zero-order valence-corrected chi connectivity index (χ0v) is 15.8. The van der Waals surface area contributed by atoms with E-state index in [-0.39, 0.29) is 6.10 Å². The molecular weight excluding hydrogens is 318 g/mol. The molecule has 5 nitrogen and oxygen atoms in total. The Hall–Kier alpha value is -2.03. The standard InChI is InChI=1S/C20H29NO4/c1-6-17(25-21-19(22)24-20(2,3)4)14-15-18(23-5)13-12-16-10-8-7-9-11-16/h7-11,17-18H,6,12-13H2,1-5H3,(H,21,22). The molecule has 0 heterocycles. The molecular formula is C20H29NO4. The number of carbonyl (C=O) groups is 1. The van der Waals surface area contributed by atoms with Crippen LogP contribution in [0.2, 0.25) is 0 Å². The summed E-state index contributed by atoms with van der Waals surface area (Å²) in [7, 11) is 1.64. The van der Waals surface area contributed by atoms with E-state index in [9.17, 15) is 4.79 Å². The first-order valence-corrected chi connectivity index (χ1v) is 8.56. The number of methoxy groups -OCH3 is 1. The Bertz CT molecular complexity index is 569. The molecule has 0 saturated heterocycles. The molecule has 0 bridgehead atoms. The van der Waals surface area contributed by atoms with Crippen LogP contribution in [0, 0.1) is 11.8 Å². The zero-order valence-electron chi connectivity index (χ0n) is 15.8. The third kappa shape index (κ3) is 9.75. The van der Waals surface area contributed by atoms with Crippen LogP contribution in [-0.2, 0) is 20.7 Å². The molecule has 2 atom stereocenters. The van der Waals surface area contributed by atoms with Crippen molar-refractivity contribution in [3.8, 4) is 11.8 Å². The molecule has 0 aliphatic heterocycles. The maximum Gasteiger partial charge on any atom is 0.431 e. The molecule has 1 rings (SSSR count). The molecule has 0 aromatic heterocycles. The van der Waals surface area contributed by atoms with Crippen molar-refractivity contribution >= 4 is 6.09 Å². The van der Waals surface area contributed by atoms with Crippen molar-refractivity contribution in [2.45, 2.75) is 64.8 Å². The highest BCUT2D eigenvalue weighted by molar-refractivity contribution is 5.66. The van der Waals surface area contributed by atoms with Crippen LogP contribution in [0.3, 0.4) is 0 Å². The third-order valence-electron chi connectivity index (χ3n) is 3.28. The molecule has 0 fully saturated rings. The smallest absolute Gasteiger partial charge is 0.431 e. The summed E-state index contributed by atoms with van der Waals surface area (Å²) in [6.45, 7) is 7.31. The fourth-order valence-corrected chi connectivity index (χ4v) is 2.01. The van der Waals surface area contributed by atoms with E-state index in [1.54, 1.807) is 27.9 Å². The highest BCUT2D eigenvalue weighted by Crippen LogP contribution is 2.08. The largest absolute Gasteiger partial charge is 0.442 e. The van der Waals surface area contributed by atoms with Crippen molar-refractivity contribution in [1.82, 2.24) is 5.48 Å². The second-order valence-electron chi connectivity index (χ2n) is 6.66. The first-order chi connectivity index (χ1) is 11.8. The van der Waals surface area contributed by atoms with E-state index >= 15 is 0 Å². The maximum atomic E-state index is 11.6. The van der Waals surface area contributed by atoms with E-state index in [4.69, 9.17) is 14.3 Å². The Balaban J connectivity index is 2.47. The predicted molar refractivity (Wildman–Crippen MR) is 97.9 cm³/mol. The highest BCUT2D eigenvalue weighted by Gasteiger charge is 2.17. The van der Waals surface area contributed by atoms with Crippen LogP contribution in [0.25, 0.3) is 0 Å². The average molecular weight is 347 g/mol. The van der Waals surface area contributed by atoms with Gasteiger partial charge >= 0.3 is 6.09 Å². The Morgan fingerprint density at radius 3 is 2.36 bits per heavy atom. The van der Waals surface area contributed by atoms with E-state index < -0.39 is 17.8 Å². The Kier molecular flexibility index (Phi) is 9.04. The van der Waals surface area contributed by atoms with Gasteiger partial charge in [0.05, 0.1) is 0 Å². The predicted octanol–water partition coefficient (Wildman–Crippen LogP) is 3.87. The minimum Gasteiger partial charge on any atom is -0.442 e. The maximum absolute atomic E-state index is 11.6. The van der Waals surface area contributed by atoms with Crippen LogP contribution in [0.5, 0.6) is 0 Å². The molecule has 0 aliphatic carbocycles. The highest BCUT2D eigenvalue weighted by atomic mass is 16.7. The molecule has 0 spiro atoms. The van der Waals surface area contributed by atoms with E-state index in [2.05, 4.69) is 29.5 Å². The van der Waals surface area contributed by atoms with E-state index in [1.807, 2.05) is 25.1 Å². The van der Waals surface area contributed by atoms with Gasteiger partial charge in [-0.25, -0.2) is 4.79 Å². The first-order valence-electron chi connectivity index (χ1n) is 8.56. The Morgan fingerprint density at radius 1 is 1.16 bits per heavy atom. The lowest BCUT2D eigenvalue weighted by atomic mass is 10.1. The number of nitrogens with one attached hydrogen (secondary N) is 1. The summed E-state index contributed by atoms with van der Waals surface area (Å²) in [6.07, 6.45) is 1.10. The number of hydroxylamine groups is 1. The molecule has 0 saturated carbocycles. The van der Waals surface area contributed by atoms with Crippen LogP contribution in [0.4, 0.5) is 4.79 Å². The van der Waals surface area contributed by atoms with Crippen LogP contribution < -0.4 is 5.48 Å². The lowest BCUT2D eigenvalue weighted by Gasteiger charge is -2.20. The summed E-state index contributed by atoms with van der Waals surface area (Å²) in [5, 5.41) is 0. The molecule has 5 heteroatoms. The molecule has 25 heavy (non-hydrogen) atoms. The normalized spacial score (nSPS) is 13.3. The van der Waals surface area contributed by atoms with Crippen molar-refractivity contribution in [3.63, 3.8) is 0 Å². The summed E-state index contributed by atoms with van der Waals surface area (Å²) in [6, 6.07) is 10.2. The Morgan fingerprint density at radius 2 is 1.80 bits per heavy atom. The van der Waals surface area contributed by atoms with Crippen LogP contribution in [0.15, 0.2) is 30.3 Å². The van der Waals surface area contributed by atoms with Gasteiger partial charge in [-0.1, -0.05) is 49.1 Å². The van der Waals surface area contributed by atoms with Gasteiger partial charge in [0, 0.05) is 7.11 Å². The lowest BCUT2D eigenvalue weighted by molar-refractivity contribution is -0.0253. The molecule has 138 valence electrons. The van der Waals surface area contributed by atoms with Crippen LogP contribution in [-0.4, -0.2) is 31.0 Å². The lowest BCUT2D eigenvalue weighted by Crippen LogP contribution is -2.34. The topological polar surface area (TPSA) is 56.8 Å². The van der Waals surface area contributed by atoms with E-state index in [0.717, 1.165) is 12.8 Å². The Labute approximate surface area is 151 Å². The number of rotatable bonds is 7.